The molecule has 0 atom stereocenters. The van der Waals surface area contributed by atoms with Crippen LogP contribution in [0.3, 0.4) is 0 Å². The van der Waals surface area contributed by atoms with E-state index in [1.165, 1.54) is 12.1 Å². The van der Waals surface area contributed by atoms with Gasteiger partial charge in [-0.15, -0.1) is 0 Å². The lowest BCUT2D eigenvalue weighted by Gasteiger charge is -2.08. The highest BCUT2D eigenvalue weighted by atomic mass is 127. The van der Waals surface area contributed by atoms with Gasteiger partial charge < -0.3 is 16.4 Å². The molecule has 0 fully saturated rings. The molecule has 17 heavy (non-hydrogen) atoms. The first-order chi connectivity index (χ1) is 8.00. The molecule has 1 aromatic rings. The SMILES string of the molecule is NC(=O)NCCNc1ccc([N+](=O)[O-])cc1I. The van der Waals surface area contributed by atoms with Crippen LogP contribution < -0.4 is 16.4 Å². The minimum atomic E-state index is -0.579. The lowest BCUT2D eigenvalue weighted by Crippen LogP contribution is -2.33. The highest BCUT2D eigenvalue weighted by Gasteiger charge is 2.08. The van der Waals surface area contributed by atoms with E-state index in [1.54, 1.807) is 6.07 Å². The molecule has 1 rings (SSSR count). The molecule has 7 nitrogen and oxygen atoms in total. The van der Waals surface area contributed by atoms with Crippen LogP contribution in [-0.2, 0) is 0 Å². The number of hydrogen-bond acceptors (Lipinski definition) is 4. The highest BCUT2D eigenvalue weighted by Crippen LogP contribution is 2.23. The Labute approximate surface area is 111 Å². The van der Waals surface area contributed by atoms with E-state index in [4.69, 9.17) is 5.73 Å². The summed E-state index contributed by atoms with van der Waals surface area (Å²) in [7, 11) is 0. The molecule has 92 valence electrons. The lowest BCUT2D eigenvalue weighted by atomic mass is 10.3. The second-order valence-corrected chi connectivity index (χ2v) is 4.30. The number of urea groups is 1. The van der Waals surface area contributed by atoms with E-state index >= 15 is 0 Å². The number of benzene rings is 1. The van der Waals surface area contributed by atoms with E-state index in [1.807, 2.05) is 22.6 Å². The van der Waals surface area contributed by atoms with Gasteiger partial charge >= 0.3 is 6.03 Å². The molecule has 0 saturated heterocycles. The first kappa shape index (κ1) is 13.5. The number of anilines is 1. The van der Waals surface area contributed by atoms with Crippen molar-refractivity contribution < 1.29 is 9.72 Å². The highest BCUT2D eigenvalue weighted by molar-refractivity contribution is 14.1. The van der Waals surface area contributed by atoms with Gasteiger partial charge in [-0.2, -0.15) is 0 Å². The summed E-state index contributed by atoms with van der Waals surface area (Å²) in [6, 6.07) is 3.95. The molecule has 4 N–H and O–H groups in total. The molecule has 0 radical (unpaired) electrons. The minimum Gasteiger partial charge on any atom is -0.382 e. The monoisotopic (exact) mass is 350 g/mol. The summed E-state index contributed by atoms with van der Waals surface area (Å²) >= 11 is 2.01. The summed E-state index contributed by atoms with van der Waals surface area (Å²) in [6.07, 6.45) is 0. The fourth-order valence-electron chi connectivity index (χ4n) is 1.14. The molecule has 0 spiro atoms. The molecule has 1 aromatic carbocycles. The molecule has 0 aliphatic rings. The number of halogens is 1. The first-order valence-electron chi connectivity index (χ1n) is 4.72. The Morgan fingerprint density at radius 2 is 2.18 bits per heavy atom. The van der Waals surface area contributed by atoms with E-state index in [9.17, 15) is 14.9 Å². The molecule has 0 aliphatic heterocycles. The normalized spacial score (nSPS) is 9.71. The Bertz CT molecular complexity index is 438. The Kier molecular flexibility index (Phi) is 4.94. The summed E-state index contributed by atoms with van der Waals surface area (Å²) < 4.78 is 0.746. The maximum Gasteiger partial charge on any atom is 0.312 e. The molecule has 0 saturated carbocycles. The Morgan fingerprint density at radius 1 is 1.47 bits per heavy atom. The van der Waals surface area contributed by atoms with Gasteiger partial charge in [0.15, 0.2) is 0 Å². The fourth-order valence-corrected chi connectivity index (χ4v) is 1.83. The van der Waals surface area contributed by atoms with Crippen LogP contribution in [0.15, 0.2) is 18.2 Å². The third-order valence-corrected chi connectivity index (χ3v) is 2.80. The molecule has 0 aromatic heterocycles. The fraction of sp³-hybridized carbons (Fsp3) is 0.222. The third kappa shape index (κ3) is 4.43. The molecule has 0 heterocycles. The number of nitro benzene ring substituents is 1. The van der Waals surface area contributed by atoms with Crippen LogP contribution in [0.25, 0.3) is 0 Å². The van der Waals surface area contributed by atoms with Crippen molar-refractivity contribution in [2.75, 3.05) is 18.4 Å². The van der Waals surface area contributed by atoms with Crippen molar-refractivity contribution in [3.05, 3.63) is 31.9 Å². The number of hydrogen-bond donors (Lipinski definition) is 3. The van der Waals surface area contributed by atoms with Crippen molar-refractivity contribution in [3.63, 3.8) is 0 Å². The van der Waals surface area contributed by atoms with E-state index in [2.05, 4.69) is 10.6 Å². The topological polar surface area (TPSA) is 110 Å². The van der Waals surface area contributed by atoms with Gasteiger partial charge in [-0.1, -0.05) is 0 Å². The van der Waals surface area contributed by atoms with Gasteiger partial charge in [-0.3, -0.25) is 10.1 Å². The third-order valence-electron chi connectivity index (χ3n) is 1.90. The van der Waals surface area contributed by atoms with Gasteiger partial charge in [-0.25, -0.2) is 4.79 Å². The Morgan fingerprint density at radius 3 is 2.71 bits per heavy atom. The van der Waals surface area contributed by atoms with Crippen LogP contribution in [0.5, 0.6) is 0 Å². The average molecular weight is 350 g/mol. The molecule has 0 unspecified atom stereocenters. The van der Waals surface area contributed by atoms with Crippen LogP contribution in [-0.4, -0.2) is 24.0 Å². The molecule has 0 bridgehead atoms. The number of nitrogens with one attached hydrogen (secondary N) is 2. The number of carbonyl (C=O) groups excluding carboxylic acids is 1. The van der Waals surface area contributed by atoms with Crippen molar-refractivity contribution in [2.24, 2.45) is 5.73 Å². The molecule has 0 aliphatic carbocycles. The number of carbonyl (C=O) groups is 1. The van der Waals surface area contributed by atoms with Gasteiger partial charge in [-0.05, 0) is 28.7 Å². The zero-order valence-electron chi connectivity index (χ0n) is 8.77. The number of nitro groups is 1. The van der Waals surface area contributed by atoms with E-state index in [0.29, 0.717) is 13.1 Å². The van der Waals surface area contributed by atoms with E-state index in [-0.39, 0.29) is 5.69 Å². The Hall–Kier alpha value is -1.58. The van der Waals surface area contributed by atoms with E-state index < -0.39 is 11.0 Å². The molecular formula is C9H11IN4O3. The van der Waals surface area contributed by atoms with Crippen molar-refractivity contribution in [3.8, 4) is 0 Å². The Balaban J connectivity index is 2.54. The number of nitrogens with two attached hydrogens (primary N) is 1. The number of primary amides is 1. The standard InChI is InChI=1S/C9H11IN4O3/c10-7-5-6(14(16)17)1-2-8(7)12-3-4-13-9(11)15/h1-2,5,12H,3-4H2,(H3,11,13,15). The lowest BCUT2D eigenvalue weighted by molar-refractivity contribution is -0.384. The predicted octanol–water partition coefficient (Wildman–Crippen LogP) is 1.28. The number of non-ortho nitro benzene ring substituents is 1. The van der Waals surface area contributed by atoms with Crippen LogP contribution in [0.1, 0.15) is 0 Å². The van der Waals surface area contributed by atoms with Crippen molar-refractivity contribution in [1.29, 1.82) is 0 Å². The van der Waals surface area contributed by atoms with Gasteiger partial charge in [0.05, 0.1) is 4.92 Å². The molecular weight excluding hydrogens is 339 g/mol. The van der Waals surface area contributed by atoms with Gasteiger partial charge in [0, 0.05) is 34.5 Å². The van der Waals surface area contributed by atoms with Crippen molar-refractivity contribution in [2.45, 2.75) is 0 Å². The maximum absolute atomic E-state index is 10.5. The summed E-state index contributed by atoms with van der Waals surface area (Å²) in [5.41, 5.74) is 5.73. The van der Waals surface area contributed by atoms with Crippen molar-refractivity contribution >= 4 is 40.0 Å². The van der Waals surface area contributed by atoms with Gasteiger partial charge in [0.2, 0.25) is 0 Å². The quantitative estimate of drug-likeness (QED) is 0.322. The number of rotatable bonds is 5. The summed E-state index contributed by atoms with van der Waals surface area (Å²) in [5, 5.41) is 16.0. The number of nitrogens with zero attached hydrogens (tertiary/aromatic N) is 1. The summed E-state index contributed by atoms with van der Waals surface area (Å²) in [4.78, 5) is 20.5. The van der Waals surface area contributed by atoms with Crippen LogP contribution in [0.2, 0.25) is 0 Å². The zero-order chi connectivity index (χ0) is 12.8. The first-order valence-corrected chi connectivity index (χ1v) is 5.79. The largest absolute Gasteiger partial charge is 0.382 e. The zero-order valence-corrected chi connectivity index (χ0v) is 10.9. The van der Waals surface area contributed by atoms with Crippen LogP contribution >= 0.6 is 22.6 Å². The van der Waals surface area contributed by atoms with Crippen LogP contribution in [0, 0.1) is 13.7 Å². The second-order valence-electron chi connectivity index (χ2n) is 3.14. The molecule has 8 heteroatoms. The summed E-state index contributed by atoms with van der Waals surface area (Å²) in [6.45, 7) is 0.888. The predicted molar refractivity (Wildman–Crippen MR) is 71.9 cm³/mol. The maximum atomic E-state index is 10.5. The van der Waals surface area contributed by atoms with E-state index in [0.717, 1.165) is 9.26 Å². The summed E-state index contributed by atoms with van der Waals surface area (Å²) in [5.74, 6) is 0. The van der Waals surface area contributed by atoms with Gasteiger partial charge in [0.1, 0.15) is 0 Å². The minimum absolute atomic E-state index is 0.0511. The van der Waals surface area contributed by atoms with Crippen molar-refractivity contribution in [1.82, 2.24) is 5.32 Å². The average Bonchev–Trinajstić information content (AvgIpc) is 2.25. The second kappa shape index (κ2) is 6.23. The smallest absolute Gasteiger partial charge is 0.312 e. The number of amides is 2. The van der Waals surface area contributed by atoms with Gasteiger partial charge in [0.25, 0.3) is 5.69 Å². The van der Waals surface area contributed by atoms with Crippen LogP contribution in [0.4, 0.5) is 16.2 Å². The molecule has 2 amide bonds.